The topological polar surface area (TPSA) is 46.4 Å². The van der Waals surface area contributed by atoms with Gasteiger partial charge in [-0.3, -0.25) is 4.90 Å². The molecular formula is C13H16N5+. The number of pyridine rings is 1. The van der Waals surface area contributed by atoms with Gasteiger partial charge in [-0.25, -0.2) is 15.0 Å². The van der Waals surface area contributed by atoms with Crippen molar-refractivity contribution in [1.82, 2.24) is 9.97 Å². The molecule has 1 N–H and O–H groups in total. The lowest BCUT2D eigenvalue weighted by Crippen LogP contribution is -2.48. The standard InChI is InChI=1S/C13H15N5/c1-2-5-14-12(4-1)17-8-10-18(11-9-17)13-15-6-3-7-16-13/h1-7H,8-11H2/p+1. The molecule has 1 fully saturated rings. The third-order valence-corrected chi connectivity index (χ3v) is 3.15. The van der Waals surface area contributed by atoms with Crippen molar-refractivity contribution in [2.75, 3.05) is 36.0 Å². The number of aromatic amines is 1. The molecule has 0 unspecified atom stereocenters. The molecule has 0 spiro atoms. The van der Waals surface area contributed by atoms with Crippen LogP contribution in [0.2, 0.25) is 0 Å². The van der Waals surface area contributed by atoms with E-state index in [0.29, 0.717) is 0 Å². The van der Waals surface area contributed by atoms with Gasteiger partial charge in [-0.2, -0.15) is 0 Å². The third-order valence-electron chi connectivity index (χ3n) is 3.15. The van der Waals surface area contributed by atoms with E-state index in [4.69, 9.17) is 0 Å². The number of piperazine rings is 1. The van der Waals surface area contributed by atoms with Crippen molar-refractivity contribution in [2.45, 2.75) is 0 Å². The molecule has 92 valence electrons. The fourth-order valence-electron chi connectivity index (χ4n) is 2.18. The Morgan fingerprint density at radius 1 is 0.889 bits per heavy atom. The predicted molar refractivity (Wildman–Crippen MR) is 69.5 cm³/mol. The Morgan fingerprint density at radius 3 is 2.28 bits per heavy atom. The molecule has 5 nitrogen and oxygen atoms in total. The minimum absolute atomic E-state index is 0.828. The van der Waals surface area contributed by atoms with Crippen LogP contribution in [0.1, 0.15) is 0 Å². The molecule has 0 amide bonds. The molecule has 1 saturated heterocycles. The van der Waals surface area contributed by atoms with Crippen molar-refractivity contribution in [3.05, 3.63) is 42.9 Å². The first kappa shape index (κ1) is 11.0. The normalized spacial score (nSPS) is 15.8. The van der Waals surface area contributed by atoms with Gasteiger partial charge >= 0.3 is 0 Å². The first-order valence-electron chi connectivity index (χ1n) is 6.17. The van der Waals surface area contributed by atoms with E-state index in [1.807, 2.05) is 18.3 Å². The Balaban J connectivity index is 1.65. The van der Waals surface area contributed by atoms with Gasteiger partial charge in [-0.1, -0.05) is 6.07 Å². The summed E-state index contributed by atoms with van der Waals surface area (Å²) in [6, 6.07) is 8.00. The van der Waals surface area contributed by atoms with Crippen molar-refractivity contribution in [3.8, 4) is 0 Å². The van der Waals surface area contributed by atoms with E-state index in [1.165, 1.54) is 5.82 Å². The molecule has 0 radical (unpaired) electrons. The van der Waals surface area contributed by atoms with Crippen LogP contribution in [0.3, 0.4) is 0 Å². The molecule has 1 aliphatic heterocycles. The van der Waals surface area contributed by atoms with Gasteiger partial charge < -0.3 is 4.90 Å². The number of anilines is 2. The van der Waals surface area contributed by atoms with Crippen LogP contribution in [0.4, 0.5) is 11.8 Å². The highest BCUT2D eigenvalue weighted by Gasteiger charge is 2.24. The van der Waals surface area contributed by atoms with Gasteiger partial charge in [-0.05, 0) is 12.1 Å². The van der Waals surface area contributed by atoms with Crippen molar-refractivity contribution in [2.24, 2.45) is 0 Å². The van der Waals surface area contributed by atoms with Crippen LogP contribution in [-0.2, 0) is 0 Å². The zero-order chi connectivity index (χ0) is 12.2. The number of hydrogen-bond donors (Lipinski definition) is 0. The van der Waals surface area contributed by atoms with Crippen LogP contribution in [0.15, 0.2) is 42.9 Å². The summed E-state index contributed by atoms with van der Waals surface area (Å²) in [6.07, 6.45) is 5.54. The third kappa shape index (κ3) is 2.25. The van der Waals surface area contributed by atoms with Crippen molar-refractivity contribution in [3.63, 3.8) is 0 Å². The van der Waals surface area contributed by atoms with Crippen LogP contribution in [-0.4, -0.2) is 36.1 Å². The summed E-state index contributed by atoms with van der Waals surface area (Å²) < 4.78 is 0. The molecule has 2 aromatic heterocycles. The average molecular weight is 242 g/mol. The quantitative estimate of drug-likeness (QED) is 0.774. The van der Waals surface area contributed by atoms with E-state index < -0.39 is 0 Å². The molecular weight excluding hydrogens is 226 g/mol. The minimum atomic E-state index is 0.828. The number of aromatic nitrogens is 3. The van der Waals surface area contributed by atoms with E-state index in [-0.39, 0.29) is 0 Å². The van der Waals surface area contributed by atoms with Crippen LogP contribution in [0.5, 0.6) is 0 Å². The highest BCUT2D eigenvalue weighted by atomic mass is 15.3. The largest absolute Gasteiger partial charge is 0.333 e. The number of rotatable bonds is 2. The molecule has 2 aromatic rings. The zero-order valence-corrected chi connectivity index (χ0v) is 10.2. The Bertz CT molecular complexity index is 432. The van der Waals surface area contributed by atoms with Gasteiger partial charge in [0.2, 0.25) is 5.95 Å². The lowest BCUT2D eigenvalue weighted by Gasteiger charge is -2.30. The van der Waals surface area contributed by atoms with Crippen molar-refractivity contribution in [1.29, 1.82) is 0 Å². The highest BCUT2D eigenvalue weighted by Crippen LogP contribution is 2.13. The summed E-state index contributed by atoms with van der Waals surface area (Å²) in [5.74, 6) is 2.00. The van der Waals surface area contributed by atoms with Gasteiger partial charge in [0.15, 0.2) is 0 Å². The van der Waals surface area contributed by atoms with Gasteiger partial charge in [-0.15, -0.1) is 0 Å². The Morgan fingerprint density at radius 2 is 1.61 bits per heavy atom. The van der Waals surface area contributed by atoms with E-state index >= 15 is 0 Å². The Labute approximate surface area is 106 Å². The second-order valence-electron chi connectivity index (χ2n) is 4.27. The van der Waals surface area contributed by atoms with Crippen LogP contribution < -0.4 is 14.8 Å². The molecule has 0 aliphatic carbocycles. The summed E-state index contributed by atoms with van der Waals surface area (Å²) in [5, 5.41) is 0. The van der Waals surface area contributed by atoms with Crippen LogP contribution >= 0.6 is 0 Å². The molecule has 5 heteroatoms. The van der Waals surface area contributed by atoms with E-state index in [2.05, 4.69) is 36.9 Å². The van der Waals surface area contributed by atoms with Crippen LogP contribution in [0.25, 0.3) is 0 Å². The monoisotopic (exact) mass is 242 g/mol. The zero-order valence-electron chi connectivity index (χ0n) is 10.2. The molecule has 0 atom stereocenters. The fourth-order valence-corrected chi connectivity index (χ4v) is 2.18. The SMILES string of the molecule is c1cnc(N2CCN(c3cccc[nH+]3)CC2)nc1. The Kier molecular flexibility index (Phi) is 3.04. The summed E-state index contributed by atoms with van der Waals surface area (Å²) in [5.41, 5.74) is 0. The smallest absolute Gasteiger partial charge is 0.274 e. The lowest BCUT2D eigenvalue weighted by molar-refractivity contribution is -0.364. The summed E-state index contributed by atoms with van der Waals surface area (Å²) in [4.78, 5) is 16.4. The predicted octanol–water partition coefficient (Wildman–Crippen LogP) is 0.617. The van der Waals surface area contributed by atoms with Crippen molar-refractivity contribution < 1.29 is 4.98 Å². The lowest BCUT2D eigenvalue weighted by atomic mass is 10.3. The maximum absolute atomic E-state index is 4.29. The molecule has 3 heterocycles. The maximum atomic E-state index is 4.29. The summed E-state index contributed by atoms with van der Waals surface area (Å²) in [6.45, 7) is 3.87. The van der Waals surface area contributed by atoms with Gasteiger partial charge in [0.1, 0.15) is 13.1 Å². The maximum Gasteiger partial charge on any atom is 0.274 e. The van der Waals surface area contributed by atoms with Crippen LogP contribution in [0, 0.1) is 0 Å². The first-order valence-corrected chi connectivity index (χ1v) is 6.17. The van der Waals surface area contributed by atoms with Crippen molar-refractivity contribution >= 4 is 11.8 Å². The second kappa shape index (κ2) is 5.00. The molecule has 3 rings (SSSR count). The second-order valence-corrected chi connectivity index (χ2v) is 4.27. The van der Waals surface area contributed by atoms with E-state index in [0.717, 1.165) is 32.1 Å². The van der Waals surface area contributed by atoms with Gasteiger partial charge in [0, 0.05) is 18.5 Å². The number of H-pyrrole nitrogens is 1. The summed E-state index contributed by atoms with van der Waals surface area (Å²) in [7, 11) is 0. The highest BCUT2D eigenvalue weighted by molar-refractivity contribution is 5.38. The Hall–Kier alpha value is -2.17. The molecule has 1 aliphatic rings. The number of nitrogens with zero attached hydrogens (tertiary/aromatic N) is 4. The minimum Gasteiger partial charge on any atom is -0.333 e. The molecule has 0 aromatic carbocycles. The summed E-state index contributed by atoms with van der Waals surface area (Å²) >= 11 is 0. The van der Waals surface area contributed by atoms with Gasteiger partial charge in [0.05, 0.1) is 19.3 Å². The van der Waals surface area contributed by atoms with E-state index in [9.17, 15) is 0 Å². The first-order chi connectivity index (χ1) is 8.93. The van der Waals surface area contributed by atoms with Gasteiger partial charge in [0.25, 0.3) is 5.82 Å². The fraction of sp³-hybridized carbons (Fsp3) is 0.308. The average Bonchev–Trinajstić information content (AvgIpc) is 2.49. The molecule has 0 saturated carbocycles. The number of nitrogens with one attached hydrogen (secondary N) is 1. The number of hydrogen-bond acceptors (Lipinski definition) is 4. The van der Waals surface area contributed by atoms with E-state index in [1.54, 1.807) is 12.4 Å². The molecule has 0 bridgehead atoms. The molecule has 18 heavy (non-hydrogen) atoms.